The summed E-state index contributed by atoms with van der Waals surface area (Å²) in [5.41, 5.74) is 1.09. The minimum absolute atomic E-state index is 0.281. The minimum atomic E-state index is 0.281. The highest BCUT2D eigenvalue weighted by Gasteiger charge is 2.24. The highest BCUT2D eigenvalue weighted by atomic mass is 79.9. The largest absolute Gasteiger partial charge is 0.338 e. The highest BCUT2D eigenvalue weighted by Crippen LogP contribution is 2.26. The maximum absolute atomic E-state index is 12.2. The number of halogens is 1. The summed E-state index contributed by atoms with van der Waals surface area (Å²) in [4.78, 5) is 18.3. The van der Waals surface area contributed by atoms with E-state index in [0.29, 0.717) is 24.8 Å². The van der Waals surface area contributed by atoms with Crippen molar-refractivity contribution in [2.24, 2.45) is 11.8 Å². The van der Waals surface area contributed by atoms with Crippen LogP contribution in [0.25, 0.3) is 0 Å². The average Bonchev–Trinajstić information content (AvgIpc) is 2.53. The van der Waals surface area contributed by atoms with Crippen molar-refractivity contribution >= 4 is 21.8 Å². The lowest BCUT2D eigenvalue weighted by molar-refractivity contribution is -0.131. The molecule has 0 saturated carbocycles. The van der Waals surface area contributed by atoms with E-state index in [0.717, 1.165) is 29.4 Å². The van der Waals surface area contributed by atoms with Gasteiger partial charge in [-0.05, 0) is 52.2 Å². The van der Waals surface area contributed by atoms with Crippen LogP contribution >= 0.6 is 15.9 Å². The summed E-state index contributed by atoms with van der Waals surface area (Å²) in [6, 6.07) is 2.03. The molecule has 4 heteroatoms. The molecule has 0 spiro atoms. The second kappa shape index (κ2) is 6.51. The Balaban J connectivity index is 2.02. The van der Waals surface area contributed by atoms with Gasteiger partial charge in [-0.15, -0.1) is 0 Å². The van der Waals surface area contributed by atoms with Crippen LogP contribution in [0.15, 0.2) is 22.9 Å². The fourth-order valence-corrected chi connectivity index (χ4v) is 3.07. The zero-order valence-electron chi connectivity index (χ0n) is 11.6. The van der Waals surface area contributed by atoms with E-state index in [-0.39, 0.29) is 5.91 Å². The number of amides is 1. The Morgan fingerprint density at radius 2 is 2.21 bits per heavy atom. The Morgan fingerprint density at radius 1 is 1.42 bits per heavy atom. The van der Waals surface area contributed by atoms with Gasteiger partial charge in [0.25, 0.3) is 0 Å². The molecule has 1 amide bonds. The lowest BCUT2D eigenvalue weighted by Gasteiger charge is -2.21. The Hall–Kier alpha value is -0.900. The Morgan fingerprint density at radius 3 is 2.89 bits per heavy atom. The van der Waals surface area contributed by atoms with Crippen LogP contribution in [0.2, 0.25) is 0 Å². The fourth-order valence-electron chi connectivity index (χ4n) is 2.65. The van der Waals surface area contributed by atoms with E-state index in [2.05, 4.69) is 34.8 Å². The molecule has 1 aromatic rings. The number of hydrogen-bond donors (Lipinski definition) is 0. The lowest BCUT2D eigenvalue weighted by atomic mass is 9.89. The zero-order chi connectivity index (χ0) is 13.8. The minimum Gasteiger partial charge on any atom is -0.338 e. The topological polar surface area (TPSA) is 33.2 Å². The first-order chi connectivity index (χ1) is 9.06. The quantitative estimate of drug-likeness (QED) is 0.850. The van der Waals surface area contributed by atoms with Crippen LogP contribution in [0, 0.1) is 11.8 Å². The van der Waals surface area contributed by atoms with E-state index in [1.54, 1.807) is 6.20 Å². The van der Waals surface area contributed by atoms with Gasteiger partial charge in [0.15, 0.2) is 0 Å². The zero-order valence-corrected chi connectivity index (χ0v) is 13.2. The molecule has 1 aliphatic rings. The molecule has 1 aliphatic heterocycles. The molecule has 1 fully saturated rings. The van der Waals surface area contributed by atoms with E-state index in [9.17, 15) is 4.79 Å². The molecule has 1 atom stereocenters. The predicted octanol–water partition coefficient (Wildman–Crippen LogP) is 3.63. The number of aromatic nitrogens is 1. The second-order valence-corrected chi connectivity index (χ2v) is 6.57. The Labute approximate surface area is 123 Å². The summed E-state index contributed by atoms with van der Waals surface area (Å²) < 4.78 is 0.965. The van der Waals surface area contributed by atoms with Gasteiger partial charge < -0.3 is 4.90 Å². The monoisotopic (exact) mass is 324 g/mol. The van der Waals surface area contributed by atoms with Crippen molar-refractivity contribution in [1.29, 1.82) is 0 Å². The molecule has 0 bridgehead atoms. The number of carbonyl (C=O) groups excluding carboxylic acids is 1. The molecule has 1 saturated heterocycles. The van der Waals surface area contributed by atoms with Gasteiger partial charge in [0, 0.05) is 36.4 Å². The first-order valence-corrected chi connectivity index (χ1v) is 7.72. The summed E-state index contributed by atoms with van der Waals surface area (Å²) in [5, 5.41) is 0. The number of rotatable bonds is 3. The summed E-state index contributed by atoms with van der Waals surface area (Å²) >= 11 is 3.42. The molecule has 19 heavy (non-hydrogen) atoms. The molecule has 3 nitrogen and oxygen atoms in total. The van der Waals surface area contributed by atoms with Crippen LogP contribution in [0.3, 0.4) is 0 Å². The molecular weight excluding hydrogens is 304 g/mol. The third kappa shape index (κ3) is 4.03. The highest BCUT2D eigenvalue weighted by molar-refractivity contribution is 9.10. The number of pyridine rings is 1. The lowest BCUT2D eigenvalue weighted by Crippen LogP contribution is -2.29. The fraction of sp³-hybridized carbons (Fsp3) is 0.600. The number of likely N-dealkylation sites (tertiary alicyclic amines) is 1. The van der Waals surface area contributed by atoms with Crippen molar-refractivity contribution in [2.75, 3.05) is 6.54 Å². The van der Waals surface area contributed by atoms with Gasteiger partial charge in [0.1, 0.15) is 0 Å². The number of hydrogen-bond acceptors (Lipinski definition) is 2. The van der Waals surface area contributed by atoms with Gasteiger partial charge in [-0.1, -0.05) is 13.8 Å². The molecule has 1 aromatic heterocycles. The van der Waals surface area contributed by atoms with E-state index < -0.39 is 0 Å². The van der Waals surface area contributed by atoms with Gasteiger partial charge >= 0.3 is 0 Å². The molecule has 1 unspecified atom stereocenters. The van der Waals surface area contributed by atoms with Crippen LogP contribution in [0.1, 0.15) is 38.7 Å². The van der Waals surface area contributed by atoms with Crippen LogP contribution in [-0.4, -0.2) is 22.3 Å². The first kappa shape index (κ1) is 14.5. The molecule has 0 aliphatic carbocycles. The van der Waals surface area contributed by atoms with Crippen molar-refractivity contribution in [3.8, 4) is 0 Å². The van der Waals surface area contributed by atoms with Crippen LogP contribution in [0.4, 0.5) is 0 Å². The second-order valence-electron chi connectivity index (χ2n) is 5.66. The third-order valence-corrected chi connectivity index (χ3v) is 4.36. The van der Waals surface area contributed by atoms with E-state index in [1.807, 2.05) is 17.2 Å². The summed E-state index contributed by atoms with van der Waals surface area (Å²) in [6.45, 7) is 6.05. The van der Waals surface area contributed by atoms with Crippen LogP contribution in [-0.2, 0) is 11.3 Å². The smallest absolute Gasteiger partial charge is 0.222 e. The van der Waals surface area contributed by atoms with E-state index >= 15 is 0 Å². The van der Waals surface area contributed by atoms with Crippen molar-refractivity contribution in [3.05, 3.63) is 28.5 Å². The predicted molar refractivity (Wildman–Crippen MR) is 79.5 cm³/mol. The summed E-state index contributed by atoms with van der Waals surface area (Å²) in [5.74, 6) is 1.62. The van der Waals surface area contributed by atoms with Gasteiger partial charge in [-0.25, -0.2) is 0 Å². The van der Waals surface area contributed by atoms with Gasteiger partial charge in [0.05, 0.1) is 0 Å². The standard InChI is InChI=1S/C15H21BrN2O/c1-11(2)13-3-4-15(19)18(6-5-13)10-12-7-14(16)9-17-8-12/h7-9,11,13H,3-6,10H2,1-2H3. The first-order valence-electron chi connectivity index (χ1n) is 6.93. The molecule has 0 radical (unpaired) electrons. The maximum Gasteiger partial charge on any atom is 0.222 e. The van der Waals surface area contributed by atoms with Gasteiger partial charge in [0.2, 0.25) is 5.91 Å². The van der Waals surface area contributed by atoms with E-state index in [1.165, 1.54) is 0 Å². The van der Waals surface area contributed by atoms with Crippen LogP contribution in [0.5, 0.6) is 0 Å². The van der Waals surface area contributed by atoms with Gasteiger partial charge in [-0.3, -0.25) is 9.78 Å². The normalized spacial score (nSPS) is 20.7. The Kier molecular flexibility index (Phi) is 4.97. The molecule has 2 rings (SSSR count). The molecular formula is C15H21BrN2O. The van der Waals surface area contributed by atoms with Crippen molar-refractivity contribution in [3.63, 3.8) is 0 Å². The van der Waals surface area contributed by atoms with E-state index in [4.69, 9.17) is 0 Å². The number of nitrogens with zero attached hydrogens (tertiary/aromatic N) is 2. The Bertz CT molecular complexity index is 448. The molecule has 0 N–H and O–H groups in total. The van der Waals surface area contributed by atoms with Crippen LogP contribution < -0.4 is 0 Å². The molecule has 0 aromatic carbocycles. The van der Waals surface area contributed by atoms with Gasteiger partial charge in [-0.2, -0.15) is 0 Å². The molecule has 104 valence electrons. The summed E-state index contributed by atoms with van der Waals surface area (Å²) in [6.07, 6.45) is 6.43. The number of carbonyl (C=O) groups is 1. The third-order valence-electron chi connectivity index (χ3n) is 3.93. The van der Waals surface area contributed by atoms with Crippen molar-refractivity contribution in [1.82, 2.24) is 9.88 Å². The SMILES string of the molecule is CC(C)C1CCC(=O)N(Cc2cncc(Br)c2)CC1. The van der Waals surface area contributed by atoms with Crippen molar-refractivity contribution < 1.29 is 4.79 Å². The summed E-state index contributed by atoms with van der Waals surface area (Å²) in [7, 11) is 0. The maximum atomic E-state index is 12.2. The van der Waals surface area contributed by atoms with Crippen molar-refractivity contribution in [2.45, 2.75) is 39.7 Å². The molecule has 2 heterocycles. The average molecular weight is 325 g/mol.